The van der Waals surface area contributed by atoms with E-state index in [0.29, 0.717) is 18.3 Å². The number of benzene rings is 1. The number of hydrogen-bond donors (Lipinski definition) is 1. The van der Waals surface area contributed by atoms with Crippen molar-refractivity contribution in [3.8, 4) is 5.19 Å². The molecule has 1 aliphatic rings. The van der Waals surface area contributed by atoms with Gasteiger partial charge >= 0.3 is 6.03 Å². The normalized spacial score (nSPS) is 14.8. The highest BCUT2D eigenvalue weighted by atomic mass is 32.1. The fourth-order valence-corrected chi connectivity index (χ4v) is 2.48. The van der Waals surface area contributed by atoms with Gasteiger partial charge in [-0.15, -0.1) is 0 Å². The topological polar surface area (TPSA) is 54.5 Å². The van der Waals surface area contributed by atoms with Crippen LogP contribution in [0, 0.1) is 6.92 Å². The summed E-state index contributed by atoms with van der Waals surface area (Å²) in [6, 6.07) is 7.65. The Morgan fingerprint density at radius 1 is 1.40 bits per heavy atom. The van der Waals surface area contributed by atoms with Gasteiger partial charge in [0.25, 0.3) is 5.19 Å². The molecule has 104 valence electrons. The quantitative estimate of drug-likeness (QED) is 0.945. The molecule has 1 aliphatic heterocycles. The number of rotatable bonds is 3. The Bertz CT molecular complexity index is 577. The van der Waals surface area contributed by atoms with Crippen LogP contribution in [0.3, 0.4) is 0 Å². The summed E-state index contributed by atoms with van der Waals surface area (Å²) < 4.78 is 5.62. The first-order chi connectivity index (χ1) is 9.70. The van der Waals surface area contributed by atoms with E-state index in [1.807, 2.05) is 36.6 Å². The van der Waals surface area contributed by atoms with Crippen LogP contribution in [-0.4, -0.2) is 35.1 Å². The molecular formula is C14H15N3O2S. The van der Waals surface area contributed by atoms with E-state index in [1.54, 1.807) is 11.1 Å². The van der Waals surface area contributed by atoms with E-state index < -0.39 is 0 Å². The van der Waals surface area contributed by atoms with Crippen LogP contribution in [0.25, 0.3) is 0 Å². The molecule has 5 nitrogen and oxygen atoms in total. The van der Waals surface area contributed by atoms with E-state index in [-0.39, 0.29) is 12.1 Å². The van der Waals surface area contributed by atoms with Crippen LogP contribution in [0.4, 0.5) is 10.5 Å². The smallest absolute Gasteiger partial charge is 0.322 e. The maximum atomic E-state index is 12.0. The second kappa shape index (κ2) is 5.50. The highest BCUT2D eigenvalue weighted by Gasteiger charge is 2.32. The highest BCUT2D eigenvalue weighted by Crippen LogP contribution is 2.20. The average molecular weight is 289 g/mol. The first-order valence-electron chi connectivity index (χ1n) is 6.39. The van der Waals surface area contributed by atoms with Crippen molar-refractivity contribution in [1.29, 1.82) is 0 Å². The molecule has 0 radical (unpaired) electrons. The lowest BCUT2D eigenvalue weighted by Crippen LogP contribution is -2.57. The average Bonchev–Trinajstić information content (AvgIpc) is 2.89. The lowest BCUT2D eigenvalue weighted by Gasteiger charge is -2.38. The van der Waals surface area contributed by atoms with E-state index in [9.17, 15) is 4.79 Å². The lowest BCUT2D eigenvalue weighted by atomic mass is 10.2. The number of amides is 2. The van der Waals surface area contributed by atoms with E-state index >= 15 is 0 Å². The van der Waals surface area contributed by atoms with Gasteiger partial charge in [0, 0.05) is 17.3 Å². The summed E-state index contributed by atoms with van der Waals surface area (Å²) in [5, 5.41) is 5.40. The number of thiazole rings is 1. The number of aryl methyl sites for hydroxylation is 1. The van der Waals surface area contributed by atoms with Crippen LogP contribution in [0.15, 0.2) is 35.8 Å². The molecule has 1 saturated heterocycles. The van der Waals surface area contributed by atoms with Gasteiger partial charge < -0.3 is 15.0 Å². The Labute approximate surface area is 121 Å². The molecule has 1 fully saturated rings. The van der Waals surface area contributed by atoms with Gasteiger partial charge in [-0.25, -0.2) is 9.78 Å². The summed E-state index contributed by atoms with van der Waals surface area (Å²) in [7, 11) is 0. The molecule has 1 aromatic carbocycles. The van der Waals surface area contributed by atoms with Gasteiger partial charge in [0.2, 0.25) is 0 Å². The van der Waals surface area contributed by atoms with Crippen molar-refractivity contribution in [2.75, 3.05) is 18.4 Å². The van der Waals surface area contributed by atoms with Crippen LogP contribution in [0.2, 0.25) is 0 Å². The van der Waals surface area contributed by atoms with Crippen molar-refractivity contribution in [2.45, 2.75) is 13.0 Å². The molecule has 6 heteroatoms. The summed E-state index contributed by atoms with van der Waals surface area (Å²) in [5.74, 6) is 0. The van der Waals surface area contributed by atoms with Crippen molar-refractivity contribution >= 4 is 23.1 Å². The SMILES string of the molecule is Cc1ccc(NC(=O)N2CC(Oc3nccs3)C2)cc1. The summed E-state index contributed by atoms with van der Waals surface area (Å²) >= 11 is 1.46. The highest BCUT2D eigenvalue weighted by molar-refractivity contribution is 7.11. The number of urea groups is 1. The van der Waals surface area contributed by atoms with Crippen molar-refractivity contribution in [3.05, 3.63) is 41.4 Å². The number of ether oxygens (including phenoxy) is 1. The van der Waals surface area contributed by atoms with Gasteiger partial charge in [0.05, 0.1) is 13.1 Å². The molecule has 0 atom stereocenters. The summed E-state index contributed by atoms with van der Waals surface area (Å²) in [5.41, 5.74) is 1.98. The summed E-state index contributed by atoms with van der Waals surface area (Å²) in [4.78, 5) is 17.8. The number of anilines is 1. The second-order valence-corrected chi connectivity index (χ2v) is 5.60. The number of aromatic nitrogens is 1. The summed E-state index contributed by atoms with van der Waals surface area (Å²) in [6.07, 6.45) is 1.76. The summed E-state index contributed by atoms with van der Waals surface area (Å²) in [6.45, 7) is 3.20. The Morgan fingerprint density at radius 2 is 2.15 bits per heavy atom. The Balaban J connectivity index is 1.47. The third-order valence-corrected chi connectivity index (χ3v) is 3.78. The molecule has 0 saturated carbocycles. The van der Waals surface area contributed by atoms with Crippen LogP contribution >= 0.6 is 11.3 Å². The molecule has 2 aromatic rings. The van der Waals surface area contributed by atoms with E-state index in [0.717, 1.165) is 5.69 Å². The predicted molar refractivity (Wildman–Crippen MR) is 78.3 cm³/mol. The Hall–Kier alpha value is -2.08. The lowest BCUT2D eigenvalue weighted by molar-refractivity contribution is 0.0491. The molecule has 3 rings (SSSR count). The molecule has 0 bridgehead atoms. The maximum absolute atomic E-state index is 12.0. The number of likely N-dealkylation sites (tertiary alicyclic amines) is 1. The molecule has 1 aromatic heterocycles. The number of hydrogen-bond acceptors (Lipinski definition) is 4. The Morgan fingerprint density at radius 3 is 2.80 bits per heavy atom. The van der Waals surface area contributed by atoms with E-state index in [1.165, 1.54) is 16.9 Å². The van der Waals surface area contributed by atoms with E-state index in [2.05, 4.69) is 10.3 Å². The van der Waals surface area contributed by atoms with Crippen LogP contribution in [-0.2, 0) is 0 Å². The zero-order chi connectivity index (χ0) is 13.9. The molecule has 2 heterocycles. The van der Waals surface area contributed by atoms with Crippen molar-refractivity contribution in [1.82, 2.24) is 9.88 Å². The first kappa shape index (κ1) is 12.9. The minimum absolute atomic E-state index is 0.0462. The minimum atomic E-state index is -0.0900. The number of carbonyl (C=O) groups is 1. The van der Waals surface area contributed by atoms with Gasteiger partial charge in [0.15, 0.2) is 0 Å². The molecule has 2 amide bonds. The standard InChI is InChI=1S/C14H15N3O2S/c1-10-2-4-11(5-3-10)16-13(18)17-8-12(9-17)19-14-15-6-7-20-14/h2-7,12H,8-9H2,1H3,(H,16,18). The van der Waals surface area contributed by atoms with Crippen LogP contribution < -0.4 is 10.1 Å². The van der Waals surface area contributed by atoms with Gasteiger partial charge in [-0.3, -0.25) is 0 Å². The molecule has 0 spiro atoms. The molecule has 0 aliphatic carbocycles. The third kappa shape index (κ3) is 2.91. The van der Waals surface area contributed by atoms with Crippen molar-refractivity contribution < 1.29 is 9.53 Å². The van der Waals surface area contributed by atoms with Crippen molar-refractivity contribution in [2.24, 2.45) is 0 Å². The molecule has 20 heavy (non-hydrogen) atoms. The fourth-order valence-electron chi connectivity index (χ4n) is 1.93. The second-order valence-electron chi connectivity index (χ2n) is 4.74. The first-order valence-corrected chi connectivity index (χ1v) is 7.27. The predicted octanol–water partition coefficient (Wildman–Crippen LogP) is 2.75. The van der Waals surface area contributed by atoms with E-state index in [4.69, 9.17) is 4.74 Å². The number of carbonyl (C=O) groups excluding carboxylic acids is 1. The van der Waals surface area contributed by atoms with Crippen LogP contribution in [0.1, 0.15) is 5.56 Å². The van der Waals surface area contributed by atoms with Gasteiger partial charge in [0.1, 0.15) is 6.10 Å². The zero-order valence-electron chi connectivity index (χ0n) is 11.1. The van der Waals surface area contributed by atoms with Crippen LogP contribution in [0.5, 0.6) is 5.19 Å². The van der Waals surface area contributed by atoms with Gasteiger partial charge in [-0.05, 0) is 19.1 Å². The molecular weight excluding hydrogens is 274 g/mol. The number of nitrogens with one attached hydrogen (secondary N) is 1. The monoisotopic (exact) mass is 289 g/mol. The number of nitrogens with zero attached hydrogens (tertiary/aromatic N) is 2. The maximum Gasteiger partial charge on any atom is 0.322 e. The van der Waals surface area contributed by atoms with Gasteiger partial charge in [-0.2, -0.15) is 0 Å². The Kier molecular flexibility index (Phi) is 3.56. The zero-order valence-corrected chi connectivity index (χ0v) is 11.9. The minimum Gasteiger partial charge on any atom is -0.463 e. The fraction of sp³-hybridized carbons (Fsp3) is 0.286. The third-order valence-electron chi connectivity index (χ3n) is 3.12. The largest absolute Gasteiger partial charge is 0.463 e. The molecule has 1 N–H and O–H groups in total. The van der Waals surface area contributed by atoms with Gasteiger partial charge in [-0.1, -0.05) is 29.0 Å². The molecule has 0 unspecified atom stereocenters. The van der Waals surface area contributed by atoms with Crippen molar-refractivity contribution in [3.63, 3.8) is 0 Å².